The minimum Gasteiger partial charge on any atom is -0.295 e. The van der Waals surface area contributed by atoms with Crippen molar-refractivity contribution < 1.29 is 22.8 Å². The molecule has 7 nitrogen and oxygen atoms in total. The molecule has 1 fully saturated rings. The van der Waals surface area contributed by atoms with E-state index in [9.17, 15) is 27.6 Å². The Morgan fingerprint density at radius 2 is 1.63 bits per heavy atom. The first-order valence-electron chi connectivity index (χ1n) is 8.78. The number of halogens is 3. The second kappa shape index (κ2) is 6.61. The van der Waals surface area contributed by atoms with Gasteiger partial charge in [0.05, 0.1) is 22.3 Å². The van der Waals surface area contributed by atoms with Crippen LogP contribution in [0.3, 0.4) is 0 Å². The van der Waals surface area contributed by atoms with Crippen LogP contribution in [0.1, 0.15) is 11.1 Å². The number of carbonyl (C=O) groups is 2. The summed E-state index contributed by atoms with van der Waals surface area (Å²) in [7, 11) is 3.23. The van der Waals surface area contributed by atoms with E-state index in [1.54, 1.807) is 32.3 Å². The lowest BCUT2D eigenvalue weighted by molar-refractivity contribution is -0.137. The third kappa shape index (κ3) is 3.06. The molecule has 0 bridgehead atoms. The van der Waals surface area contributed by atoms with Crippen LogP contribution in [0.25, 0.3) is 17.1 Å². The molecule has 2 aromatic carbocycles. The lowest BCUT2D eigenvalue weighted by Crippen LogP contribution is -2.35. The number of amides is 2. The fourth-order valence-electron chi connectivity index (χ4n) is 3.34. The van der Waals surface area contributed by atoms with Gasteiger partial charge in [0.2, 0.25) is 0 Å². The van der Waals surface area contributed by atoms with Crippen molar-refractivity contribution in [2.45, 2.75) is 6.18 Å². The van der Waals surface area contributed by atoms with Gasteiger partial charge in [0.15, 0.2) is 0 Å². The second-order valence-electron chi connectivity index (χ2n) is 6.84. The van der Waals surface area contributed by atoms with E-state index in [4.69, 9.17) is 0 Å². The minimum atomic E-state index is -4.58. The van der Waals surface area contributed by atoms with E-state index in [1.807, 2.05) is 0 Å². The van der Waals surface area contributed by atoms with Gasteiger partial charge in [0, 0.05) is 14.1 Å². The maximum absolute atomic E-state index is 13.0. The highest BCUT2D eigenvalue weighted by Gasteiger charge is 2.36. The number of benzene rings is 2. The zero-order chi connectivity index (χ0) is 21.8. The lowest BCUT2D eigenvalue weighted by Gasteiger charge is -2.16. The summed E-state index contributed by atoms with van der Waals surface area (Å²) in [6.07, 6.45) is -3.25. The second-order valence-corrected chi connectivity index (χ2v) is 6.84. The predicted octanol–water partition coefficient (Wildman–Crippen LogP) is 2.36. The normalized spacial score (nSPS) is 16.0. The molecule has 2 heterocycles. The molecular formula is C20H15F3N4O3. The van der Waals surface area contributed by atoms with Crippen LogP contribution in [0.2, 0.25) is 0 Å². The molecule has 2 amide bonds. The van der Waals surface area contributed by atoms with Gasteiger partial charge in [-0.25, -0.2) is 9.80 Å². The number of imidazole rings is 1. The summed E-state index contributed by atoms with van der Waals surface area (Å²) in [6, 6.07) is 9.09. The molecule has 1 aliphatic heterocycles. The smallest absolute Gasteiger partial charge is 0.295 e. The molecule has 154 valence electrons. The first-order chi connectivity index (χ1) is 14.1. The Hall–Kier alpha value is -3.82. The number of alkyl halides is 3. The van der Waals surface area contributed by atoms with Gasteiger partial charge in [-0.3, -0.25) is 24.1 Å². The van der Waals surface area contributed by atoms with Gasteiger partial charge < -0.3 is 0 Å². The summed E-state index contributed by atoms with van der Waals surface area (Å²) in [5.74, 6) is -1.51. The average Bonchev–Trinajstić information content (AvgIpc) is 3.10. The summed E-state index contributed by atoms with van der Waals surface area (Å²) >= 11 is 0. The molecular weight excluding hydrogens is 401 g/mol. The summed E-state index contributed by atoms with van der Waals surface area (Å²) in [5.41, 5.74) is 2.57. The van der Waals surface area contributed by atoms with Gasteiger partial charge in [-0.15, -0.1) is 0 Å². The van der Waals surface area contributed by atoms with Crippen molar-refractivity contribution in [3.63, 3.8) is 0 Å². The summed E-state index contributed by atoms with van der Waals surface area (Å²) in [4.78, 5) is 37.1. The van der Waals surface area contributed by atoms with E-state index in [-0.39, 0.29) is 17.0 Å². The Kier molecular flexibility index (Phi) is 4.30. The van der Waals surface area contributed by atoms with E-state index in [0.717, 1.165) is 23.2 Å². The van der Waals surface area contributed by atoms with Crippen LogP contribution >= 0.6 is 0 Å². The van der Waals surface area contributed by atoms with Crippen LogP contribution in [0.15, 0.2) is 52.8 Å². The highest BCUT2D eigenvalue weighted by molar-refractivity contribution is 6.31. The molecule has 0 unspecified atom stereocenters. The van der Waals surface area contributed by atoms with Crippen LogP contribution in [-0.2, 0) is 29.9 Å². The molecule has 1 N–H and O–H groups in total. The van der Waals surface area contributed by atoms with Crippen LogP contribution < -0.4 is 16.1 Å². The molecule has 1 aliphatic rings. The third-order valence-electron chi connectivity index (χ3n) is 4.93. The van der Waals surface area contributed by atoms with Gasteiger partial charge in [-0.05, 0) is 42.0 Å². The Bertz CT molecular complexity index is 1300. The van der Waals surface area contributed by atoms with Gasteiger partial charge in [-0.2, -0.15) is 13.2 Å². The SMILES string of the molecule is Cn1c(=O)n(C)c2cc(/C=C3\C(=O)NN(c4cccc(C(F)(F)F)c4)C3=O)ccc21. The molecule has 1 saturated heterocycles. The number of carbonyl (C=O) groups excluding carboxylic acids is 2. The number of aromatic nitrogens is 2. The Balaban J connectivity index is 1.71. The predicted molar refractivity (Wildman–Crippen MR) is 103 cm³/mol. The molecule has 30 heavy (non-hydrogen) atoms. The highest BCUT2D eigenvalue weighted by atomic mass is 19.4. The van der Waals surface area contributed by atoms with Gasteiger partial charge in [0.25, 0.3) is 11.8 Å². The fourth-order valence-corrected chi connectivity index (χ4v) is 3.34. The van der Waals surface area contributed by atoms with Gasteiger partial charge in [0.1, 0.15) is 5.57 Å². The largest absolute Gasteiger partial charge is 0.416 e. The number of hydrogen-bond acceptors (Lipinski definition) is 3. The van der Waals surface area contributed by atoms with E-state index in [1.165, 1.54) is 21.3 Å². The standard InChI is InChI=1S/C20H15F3N4O3/c1-25-15-7-6-11(9-16(15)26(2)19(25)30)8-14-17(28)24-27(18(14)29)13-5-3-4-12(10-13)20(21,22)23/h3-10H,1-2H3,(H,24,28)/b14-8+. The van der Waals surface area contributed by atoms with Crippen molar-refractivity contribution in [1.82, 2.24) is 14.6 Å². The number of nitrogens with one attached hydrogen (secondary N) is 1. The lowest BCUT2D eigenvalue weighted by atomic mass is 10.1. The summed E-state index contributed by atoms with van der Waals surface area (Å²) < 4.78 is 41.8. The van der Waals surface area contributed by atoms with Crippen molar-refractivity contribution in [3.8, 4) is 0 Å². The quantitative estimate of drug-likeness (QED) is 0.515. The first kappa shape index (κ1) is 19.5. The highest BCUT2D eigenvalue weighted by Crippen LogP contribution is 2.32. The average molecular weight is 416 g/mol. The fraction of sp³-hybridized carbons (Fsp3) is 0.150. The maximum atomic E-state index is 13.0. The van der Waals surface area contributed by atoms with E-state index >= 15 is 0 Å². The van der Waals surface area contributed by atoms with Crippen molar-refractivity contribution in [2.75, 3.05) is 5.01 Å². The van der Waals surface area contributed by atoms with Crippen molar-refractivity contribution in [1.29, 1.82) is 0 Å². The molecule has 0 radical (unpaired) electrons. The Labute approximate surface area is 167 Å². The molecule has 4 rings (SSSR count). The van der Waals surface area contributed by atoms with E-state index < -0.39 is 23.6 Å². The summed E-state index contributed by atoms with van der Waals surface area (Å²) in [6.45, 7) is 0. The van der Waals surface area contributed by atoms with Crippen LogP contribution in [-0.4, -0.2) is 20.9 Å². The molecule has 1 aromatic heterocycles. The Morgan fingerprint density at radius 3 is 2.33 bits per heavy atom. The van der Waals surface area contributed by atoms with Crippen LogP contribution in [0.5, 0.6) is 0 Å². The van der Waals surface area contributed by atoms with Crippen LogP contribution in [0, 0.1) is 0 Å². The van der Waals surface area contributed by atoms with Crippen LogP contribution in [0.4, 0.5) is 18.9 Å². The zero-order valence-corrected chi connectivity index (χ0v) is 15.8. The first-order valence-corrected chi connectivity index (χ1v) is 8.78. The van der Waals surface area contributed by atoms with Crippen molar-refractivity contribution in [2.24, 2.45) is 14.1 Å². The number of hydrazine groups is 1. The molecule has 0 atom stereocenters. The number of rotatable bonds is 2. The topological polar surface area (TPSA) is 76.3 Å². The maximum Gasteiger partial charge on any atom is 0.416 e. The van der Waals surface area contributed by atoms with Crippen molar-refractivity contribution in [3.05, 3.63) is 69.6 Å². The van der Waals surface area contributed by atoms with Gasteiger partial charge >= 0.3 is 11.9 Å². The number of fused-ring (bicyclic) bond motifs is 1. The van der Waals surface area contributed by atoms with Crippen molar-refractivity contribution >= 4 is 34.6 Å². The molecule has 0 spiro atoms. The molecule has 0 saturated carbocycles. The minimum absolute atomic E-state index is 0.104. The molecule has 3 aromatic rings. The number of nitrogens with zero attached hydrogens (tertiary/aromatic N) is 3. The molecule has 10 heteroatoms. The zero-order valence-electron chi connectivity index (χ0n) is 15.8. The van der Waals surface area contributed by atoms with E-state index in [0.29, 0.717) is 16.6 Å². The molecule has 0 aliphatic carbocycles. The van der Waals surface area contributed by atoms with Gasteiger partial charge in [-0.1, -0.05) is 12.1 Å². The third-order valence-corrected chi connectivity index (χ3v) is 4.93. The monoisotopic (exact) mass is 416 g/mol. The number of aryl methyl sites for hydroxylation is 2. The Morgan fingerprint density at radius 1 is 0.933 bits per heavy atom. The number of hydrogen-bond donors (Lipinski definition) is 1. The number of anilines is 1. The summed E-state index contributed by atoms with van der Waals surface area (Å²) in [5, 5.41) is 0.778. The van der Waals surface area contributed by atoms with E-state index in [2.05, 4.69) is 5.43 Å².